The lowest BCUT2D eigenvalue weighted by Crippen LogP contribution is -2.11. The fourth-order valence-corrected chi connectivity index (χ4v) is 2.19. The molecule has 24 heavy (non-hydrogen) atoms. The summed E-state index contributed by atoms with van der Waals surface area (Å²) < 4.78 is 37.4. The van der Waals surface area contributed by atoms with Crippen molar-refractivity contribution in [1.29, 1.82) is 0 Å². The number of benzene rings is 2. The largest absolute Gasteiger partial charge is 0.731 e. The van der Waals surface area contributed by atoms with Crippen LogP contribution >= 0.6 is 0 Å². The molecule has 0 radical (unpaired) electrons. The number of rotatable bonds is 3. The Kier molecular flexibility index (Phi) is 5.06. The molecule has 1 aromatic heterocycles. The van der Waals surface area contributed by atoms with Gasteiger partial charge in [-0.3, -0.25) is 14.8 Å². The number of aromatic nitrogens is 2. The van der Waals surface area contributed by atoms with Gasteiger partial charge < -0.3 is 4.55 Å². The van der Waals surface area contributed by atoms with Crippen molar-refractivity contribution in [2.24, 2.45) is 0 Å². The Morgan fingerprint density at radius 1 is 1.08 bits per heavy atom. The summed E-state index contributed by atoms with van der Waals surface area (Å²) in [7, 11) is -4.76. The fraction of sp³-hybridized carbons (Fsp3) is 0.0769. The number of anilines is 1. The molecule has 126 valence electrons. The fourth-order valence-electron chi connectivity index (χ4n) is 1.75. The summed E-state index contributed by atoms with van der Waals surface area (Å²) in [4.78, 5) is 9.87. The van der Waals surface area contributed by atoms with E-state index in [1.54, 1.807) is 4.72 Å². The van der Waals surface area contributed by atoms with Crippen LogP contribution in [0.3, 0.4) is 0 Å². The van der Waals surface area contributed by atoms with Crippen LogP contribution in [0.1, 0.15) is 5.56 Å². The van der Waals surface area contributed by atoms with Crippen LogP contribution in [-0.2, 0) is 10.3 Å². The number of aryl methyl sites for hydroxylation is 1. The first kappa shape index (κ1) is 17.3. The highest BCUT2D eigenvalue weighted by molar-refractivity contribution is 7.87. The van der Waals surface area contributed by atoms with Crippen molar-refractivity contribution in [3.63, 3.8) is 0 Å². The second-order valence-electron chi connectivity index (χ2n) is 4.56. The van der Waals surface area contributed by atoms with Crippen LogP contribution in [0.2, 0.25) is 0 Å². The minimum Gasteiger partial charge on any atom is -0.731 e. The van der Waals surface area contributed by atoms with Gasteiger partial charge >= 0.3 is 5.69 Å². The lowest BCUT2D eigenvalue weighted by atomic mass is 10.2. The Bertz CT molecular complexity index is 955. The molecule has 1 heterocycles. The van der Waals surface area contributed by atoms with Crippen LogP contribution in [0.25, 0.3) is 11.0 Å². The minimum atomic E-state index is -4.76. The number of fused-ring (bicyclic) bond motifs is 1. The van der Waals surface area contributed by atoms with Crippen LogP contribution < -0.4 is 4.72 Å². The molecule has 2 aromatic carbocycles. The zero-order valence-electron chi connectivity index (χ0n) is 12.2. The van der Waals surface area contributed by atoms with E-state index in [1.165, 1.54) is 5.56 Å². The molecule has 0 unspecified atom stereocenters. The van der Waals surface area contributed by atoms with Crippen molar-refractivity contribution in [2.45, 2.75) is 6.92 Å². The zero-order chi connectivity index (χ0) is 17.7. The summed E-state index contributed by atoms with van der Waals surface area (Å²) in [6.45, 7) is 2.08. The molecular formula is C13H11N4O6S-. The molecule has 0 aliphatic carbocycles. The van der Waals surface area contributed by atoms with Gasteiger partial charge in [-0.25, -0.2) is 13.0 Å². The van der Waals surface area contributed by atoms with Gasteiger partial charge in [0.2, 0.25) is 5.52 Å². The molecule has 0 aliphatic rings. The monoisotopic (exact) mass is 351 g/mol. The van der Waals surface area contributed by atoms with E-state index in [2.05, 4.69) is 34.0 Å². The quantitative estimate of drug-likeness (QED) is 0.427. The highest BCUT2D eigenvalue weighted by atomic mass is 32.2. The summed E-state index contributed by atoms with van der Waals surface area (Å²) in [6, 6.07) is 12.3. The Hall–Kier alpha value is -3.05. The van der Waals surface area contributed by atoms with Crippen LogP contribution in [0.4, 0.5) is 11.4 Å². The van der Waals surface area contributed by atoms with E-state index in [9.17, 15) is 23.1 Å². The number of nitrogens with one attached hydrogen (secondary N) is 1. The molecule has 0 saturated heterocycles. The van der Waals surface area contributed by atoms with E-state index in [1.807, 2.05) is 18.2 Å². The number of nitro benzene ring substituents is 1. The van der Waals surface area contributed by atoms with Crippen LogP contribution in [0.5, 0.6) is 0 Å². The molecule has 0 saturated carbocycles. The van der Waals surface area contributed by atoms with Gasteiger partial charge in [0.15, 0.2) is 15.8 Å². The van der Waals surface area contributed by atoms with E-state index in [-0.39, 0.29) is 16.7 Å². The smallest absolute Gasteiger partial charge is 0.300 e. The SMILES string of the molecule is Cc1ccccc1.O=[N+]([O-])c1ccc(NS(=O)(=O)[O-])c2nonc12. The summed E-state index contributed by atoms with van der Waals surface area (Å²) in [5.74, 6) is 0. The maximum atomic E-state index is 10.6. The Morgan fingerprint density at radius 3 is 2.21 bits per heavy atom. The van der Waals surface area contributed by atoms with Crippen molar-refractivity contribution < 1.29 is 22.5 Å². The summed E-state index contributed by atoms with van der Waals surface area (Å²) in [6.07, 6.45) is 0. The molecule has 3 rings (SSSR count). The molecule has 3 aromatic rings. The lowest BCUT2D eigenvalue weighted by Gasteiger charge is -2.09. The second kappa shape index (κ2) is 7.02. The number of non-ortho nitro benzene ring substituents is 1. The molecule has 1 N–H and O–H groups in total. The standard InChI is InChI=1S/C7H8.C6H4N4O6S/c1-7-5-3-2-4-6-7;11-10(12)4-2-1-3(9-17(13,14)15)5-6(4)8-16-7-5/h2-6H,1H3;1-2,9H,(H,13,14,15)/p-1. The predicted molar refractivity (Wildman–Crippen MR) is 83.0 cm³/mol. The average molecular weight is 351 g/mol. The van der Waals surface area contributed by atoms with Gasteiger partial charge in [0.25, 0.3) is 0 Å². The first-order valence-corrected chi connectivity index (χ1v) is 7.83. The number of hydrogen-bond donors (Lipinski definition) is 1. The summed E-state index contributed by atoms with van der Waals surface area (Å²) in [5, 5.41) is 17.2. The van der Waals surface area contributed by atoms with Crippen LogP contribution in [0, 0.1) is 17.0 Å². The van der Waals surface area contributed by atoms with Gasteiger partial charge in [-0.1, -0.05) is 35.9 Å². The average Bonchev–Trinajstić information content (AvgIpc) is 2.97. The molecule has 0 spiro atoms. The molecule has 0 aliphatic heterocycles. The predicted octanol–water partition coefficient (Wildman–Crippen LogP) is 2.00. The van der Waals surface area contributed by atoms with E-state index in [0.717, 1.165) is 12.1 Å². The van der Waals surface area contributed by atoms with Gasteiger partial charge in [0.1, 0.15) is 0 Å². The molecule has 0 fully saturated rings. The summed E-state index contributed by atoms with van der Waals surface area (Å²) in [5.41, 5.74) is 0.224. The van der Waals surface area contributed by atoms with Crippen molar-refractivity contribution in [2.75, 3.05) is 4.72 Å². The third-order valence-corrected chi connectivity index (χ3v) is 3.24. The van der Waals surface area contributed by atoms with E-state index >= 15 is 0 Å². The molecule has 0 bridgehead atoms. The van der Waals surface area contributed by atoms with Gasteiger partial charge in [0, 0.05) is 6.07 Å². The highest BCUT2D eigenvalue weighted by Crippen LogP contribution is 2.28. The van der Waals surface area contributed by atoms with Gasteiger partial charge in [0.05, 0.1) is 10.6 Å². The van der Waals surface area contributed by atoms with Crippen molar-refractivity contribution in [3.8, 4) is 0 Å². The number of nitro groups is 1. The molecule has 0 atom stereocenters. The van der Waals surface area contributed by atoms with Crippen LogP contribution in [-0.4, -0.2) is 28.2 Å². The Morgan fingerprint density at radius 2 is 1.71 bits per heavy atom. The topological polar surface area (TPSA) is 151 Å². The molecule has 11 heteroatoms. The first-order chi connectivity index (χ1) is 11.3. The molecule has 0 amide bonds. The summed E-state index contributed by atoms with van der Waals surface area (Å²) >= 11 is 0. The van der Waals surface area contributed by atoms with Crippen molar-refractivity contribution >= 4 is 32.7 Å². The van der Waals surface area contributed by atoms with E-state index < -0.39 is 20.9 Å². The van der Waals surface area contributed by atoms with E-state index in [0.29, 0.717) is 0 Å². The first-order valence-electron chi connectivity index (χ1n) is 6.43. The third-order valence-electron chi connectivity index (χ3n) is 2.77. The van der Waals surface area contributed by atoms with Crippen molar-refractivity contribution in [3.05, 3.63) is 58.1 Å². The maximum Gasteiger partial charge on any atom is 0.300 e. The number of nitrogens with zero attached hydrogens (tertiary/aromatic N) is 3. The second-order valence-corrected chi connectivity index (χ2v) is 5.67. The molecule has 10 nitrogen and oxygen atoms in total. The van der Waals surface area contributed by atoms with E-state index in [4.69, 9.17) is 0 Å². The minimum absolute atomic E-state index is 0.210. The van der Waals surface area contributed by atoms with Crippen LogP contribution in [0.15, 0.2) is 47.1 Å². The third kappa shape index (κ3) is 4.47. The van der Waals surface area contributed by atoms with Gasteiger partial charge in [-0.2, -0.15) is 0 Å². The molecular weight excluding hydrogens is 340 g/mol. The Balaban J connectivity index is 0.000000249. The van der Waals surface area contributed by atoms with Crippen molar-refractivity contribution in [1.82, 2.24) is 10.3 Å². The highest BCUT2D eigenvalue weighted by Gasteiger charge is 2.19. The van der Waals surface area contributed by atoms with Gasteiger partial charge in [-0.05, 0) is 23.3 Å². The Labute approximate surface area is 136 Å². The zero-order valence-corrected chi connectivity index (χ0v) is 13.1. The number of hydrogen-bond acceptors (Lipinski definition) is 8. The maximum absolute atomic E-state index is 10.6. The van der Waals surface area contributed by atoms with Gasteiger partial charge in [-0.15, -0.1) is 0 Å². The lowest BCUT2D eigenvalue weighted by molar-refractivity contribution is -0.383. The normalized spacial score (nSPS) is 10.8.